The van der Waals surface area contributed by atoms with E-state index in [4.69, 9.17) is 4.74 Å². The SMILES string of the molecule is C=CCOc1ccccc1CNC(=O)N[C@H](C(=O)O)c1ccccc1. The molecule has 3 N–H and O–H groups in total. The van der Waals surface area contributed by atoms with Crippen molar-refractivity contribution < 1.29 is 19.4 Å². The Labute approximate surface area is 146 Å². The second-order valence-electron chi connectivity index (χ2n) is 5.22. The third-order valence-corrected chi connectivity index (χ3v) is 3.42. The van der Waals surface area contributed by atoms with Gasteiger partial charge in [0.1, 0.15) is 12.4 Å². The van der Waals surface area contributed by atoms with Crippen LogP contribution in [0, 0.1) is 0 Å². The Morgan fingerprint density at radius 1 is 1.12 bits per heavy atom. The number of nitrogens with one attached hydrogen (secondary N) is 2. The summed E-state index contributed by atoms with van der Waals surface area (Å²) in [5, 5.41) is 14.4. The summed E-state index contributed by atoms with van der Waals surface area (Å²) in [4.78, 5) is 23.5. The van der Waals surface area contributed by atoms with Crippen LogP contribution in [-0.4, -0.2) is 23.7 Å². The fourth-order valence-corrected chi connectivity index (χ4v) is 2.23. The first-order valence-corrected chi connectivity index (χ1v) is 7.75. The molecular weight excluding hydrogens is 320 g/mol. The smallest absolute Gasteiger partial charge is 0.330 e. The average molecular weight is 340 g/mol. The van der Waals surface area contributed by atoms with Crippen molar-refractivity contribution in [2.75, 3.05) is 6.61 Å². The Bertz CT molecular complexity index is 731. The highest BCUT2D eigenvalue weighted by atomic mass is 16.5. The number of hydrogen-bond donors (Lipinski definition) is 3. The van der Waals surface area contributed by atoms with Gasteiger partial charge in [-0.2, -0.15) is 0 Å². The molecule has 0 aliphatic rings. The highest BCUT2D eigenvalue weighted by Crippen LogP contribution is 2.18. The van der Waals surface area contributed by atoms with Crippen LogP contribution in [0.2, 0.25) is 0 Å². The van der Waals surface area contributed by atoms with Crippen molar-refractivity contribution in [1.82, 2.24) is 10.6 Å². The van der Waals surface area contributed by atoms with Crippen molar-refractivity contribution in [3.63, 3.8) is 0 Å². The number of carboxylic acids is 1. The lowest BCUT2D eigenvalue weighted by atomic mass is 10.1. The van der Waals surface area contributed by atoms with Gasteiger partial charge in [0.15, 0.2) is 6.04 Å². The van der Waals surface area contributed by atoms with Crippen molar-refractivity contribution in [1.29, 1.82) is 0 Å². The van der Waals surface area contributed by atoms with Crippen LogP contribution in [0.15, 0.2) is 67.3 Å². The summed E-state index contributed by atoms with van der Waals surface area (Å²) in [6.07, 6.45) is 1.63. The maximum Gasteiger partial charge on any atom is 0.330 e. The van der Waals surface area contributed by atoms with Crippen molar-refractivity contribution in [3.8, 4) is 5.75 Å². The number of ether oxygens (including phenoxy) is 1. The molecule has 2 rings (SSSR count). The molecule has 0 fully saturated rings. The molecule has 0 saturated carbocycles. The Kier molecular flexibility index (Phi) is 6.59. The summed E-state index contributed by atoms with van der Waals surface area (Å²) in [6, 6.07) is 14.1. The molecule has 0 radical (unpaired) electrons. The Hall–Kier alpha value is -3.28. The standard InChI is InChI=1S/C19H20N2O4/c1-2-12-25-16-11-7-6-10-15(16)13-20-19(24)21-17(18(22)23)14-8-4-3-5-9-14/h2-11,17H,1,12-13H2,(H,22,23)(H2,20,21,24)/t17-/m0/s1. The molecule has 0 unspecified atom stereocenters. The fourth-order valence-electron chi connectivity index (χ4n) is 2.23. The Morgan fingerprint density at radius 2 is 1.80 bits per heavy atom. The predicted octanol–water partition coefficient (Wildman–Crippen LogP) is 2.88. The summed E-state index contributed by atoms with van der Waals surface area (Å²) in [5.41, 5.74) is 1.28. The molecule has 6 nitrogen and oxygen atoms in total. The molecule has 0 saturated heterocycles. The lowest BCUT2D eigenvalue weighted by Gasteiger charge is -2.16. The van der Waals surface area contributed by atoms with Crippen LogP contribution in [0.4, 0.5) is 4.79 Å². The first-order valence-electron chi connectivity index (χ1n) is 7.75. The van der Waals surface area contributed by atoms with Gasteiger partial charge in [0.05, 0.1) is 0 Å². The minimum absolute atomic E-state index is 0.209. The van der Waals surface area contributed by atoms with Gasteiger partial charge in [0.25, 0.3) is 0 Å². The van der Waals surface area contributed by atoms with Gasteiger partial charge in [-0.15, -0.1) is 0 Å². The van der Waals surface area contributed by atoms with Crippen LogP contribution < -0.4 is 15.4 Å². The predicted molar refractivity (Wildman–Crippen MR) is 94.3 cm³/mol. The van der Waals surface area contributed by atoms with Crippen molar-refractivity contribution in [2.24, 2.45) is 0 Å². The van der Waals surface area contributed by atoms with Crippen LogP contribution in [0.5, 0.6) is 5.75 Å². The zero-order chi connectivity index (χ0) is 18.1. The number of carbonyl (C=O) groups is 2. The topological polar surface area (TPSA) is 87.7 Å². The van der Waals surface area contributed by atoms with Gasteiger partial charge in [0, 0.05) is 12.1 Å². The van der Waals surface area contributed by atoms with E-state index in [9.17, 15) is 14.7 Å². The number of amides is 2. The van der Waals surface area contributed by atoms with Crippen LogP contribution in [0.3, 0.4) is 0 Å². The summed E-state index contributed by atoms with van der Waals surface area (Å²) in [7, 11) is 0. The van der Waals surface area contributed by atoms with Gasteiger partial charge in [-0.3, -0.25) is 0 Å². The molecule has 0 heterocycles. The first-order chi connectivity index (χ1) is 12.1. The second-order valence-corrected chi connectivity index (χ2v) is 5.22. The van der Waals surface area contributed by atoms with Crippen LogP contribution in [-0.2, 0) is 11.3 Å². The molecule has 0 aromatic heterocycles. The summed E-state index contributed by atoms with van der Waals surface area (Å²) in [5.74, 6) is -0.489. The van der Waals surface area contributed by atoms with E-state index in [-0.39, 0.29) is 6.54 Å². The number of urea groups is 1. The van der Waals surface area contributed by atoms with Gasteiger partial charge in [0.2, 0.25) is 0 Å². The van der Waals surface area contributed by atoms with Crippen molar-refractivity contribution in [3.05, 3.63) is 78.4 Å². The van der Waals surface area contributed by atoms with Crippen molar-refractivity contribution in [2.45, 2.75) is 12.6 Å². The first kappa shape index (κ1) is 18.1. The monoisotopic (exact) mass is 340 g/mol. The van der Waals surface area contributed by atoms with E-state index in [1.807, 2.05) is 18.2 Å². The summed E-state index contributed by atoms with van der Waals surface area (Å²) < 4.78 is 5.52. The average Bonchev–Trinajstić information content (AvgIpc) is 2.63. The van der Waals surface area contributed by atoms with Crippen LogP contribution >= 0.6 is 0 Å². The summed E-state index contributed by atoms with van der Waals surface area (Å²) >= 11 is 0. The Balaban J connectivity index is 1.98. The number of para-hydroxylation sites is 1. The molecule has 130 valence electrons. The molecule has 2 amide bonds. The molecule has 6 heteroatoms. The van der Waals surface area contributed by atoms with Gasteiger partial charge < -0.3 is 20.5 Å². The largest absolute Gasteiger partial charge is 0.489 e. The van der Waals surface area contributed by atoms with Crippen LogP contribution in [0.1, 0.15) is 17.2 Å². The van der Waals surface area contributed by atoms with E-state index in [0.717, 1.165) is 5.56 Å². The normalized spacial score (nSPS) is 11.2. The minimum atomic E-state index is -1.13. The van der Waals surface area contributed by atoms with Gasteiger partial charge in [-0.1, -0.05) is 61.2 Å². The zero-order valence-electron chi connectivity index (χ0n) is 13.6. The Morgan fingerprint density at radius 3 is 2.48 bits per heavy atom. The quantitative estimate of drug-likeness (QED) is 0.645. The molecule has 0 bridgehead atoms. The highest BCUT2D eigenvalue weighted by molar-refractivity contribution is 5.83. The number of aliphatic carboxylic acids is 1. The highest BCUT2D eigenvalue weighted by Gasteiger charge is 2.21. The second kappa shape index (κ2) is 9.12. The van der Waals surface area contributed by atoms with E-state index >= 15 is 0 Å². The van der Waals surface area contributed by atoms with E-state index in [2.05, 4.69) is 17.2 Å². The minimum Gasteiger partial charge on any atom is -0.489 e. The third-order valence-electron chi connectivity index (χ3n) is 3.42. The number of hydrogen-bond acceptors (Lipinski definition) is 3. The number of carboxylic acid groups (broad SMARTS) is 1. The summed E-state index contributed by atoms with van der Waals surface area (Å²) in [6.45, 7) is 4.17. The number of rotatable bonds is 8. The molecule has 2 aromatic rings. The fraction of sp³-hybridized carbons (Fsp3) is 0.158. The maximum atomic E-state index is 12.1. The van der Waals surface area contributed by atoms with E-state index in [0.29, 0.717) is 17.9 Å². The molecule has 0 spiro atoms. The number of benzene rings is 2. The van der Waals surface area contributed by atoms with Crippen LogP contribution in [0.25, 0.3) is 0 Å². The van der Waals surface area contributed by atoms with Crippen molar-refractivity contribution >= 4 is 12.0 Å². The van der Waals surface area contributed by atoms with Gasteiger partial charge in [-0.05, 0) is 11.6 Å². The lowest BCUT2D eigenvalue weighted by molar-refractivity contribution is -0.139. The lowest BCUT2D eigenvalue weighted by Crippen LogP contribution is -2.40. The molecule has 2 aromatic carbocycles. The van der Waals surface area contributed by atoms with Gasteiger partial charge >= 0.3 is 12.0 Å². The maximum absolute atomic E-state index is 12.1. The molecule has 0 aliphatic carbocycles. The zero-order valence-corrected chi connectivity index (χ0v) is 13.6. The molecular formula is C19H20N2O4. The van der Waals surface area contributed by atoms with E-state index in [1.165, 1.54) is 0 Å². The molecule has 25 heavy (non-hydrogen) atoms. The number of carbonyl (C=O) groups excluding carboxylic acids is 1. The third kappa shape index (κ3) is 5.39. The van der Waals surface area contributed by atoms with E-state index < -0.39 is 18.0 Å². The molecule has 1 atom stereocenters. The van der Waals surface area contributed by atoms with E-state index in [1.54, 1.807) is 42.5 Å². The molecule has 0 aliphatic heterocycles. The van der Waals surface area contributed by atoms with Gasteiger partial charge in [-0.25, -0.2) is 9.59 Å².